The summed E-state index contributed by atoms with van der Waals surface area (Å²) in [5, 5.41) is 9.19. The molecule has 96 valence electrons. The molecule has 0 unspecified atom stereocenters. The van der Waals surface area contributed by atoms with Crippen molar-refractivity contribution in [1.29, 1.82) is 0 Å². The fourth-order valence-corrected chi connectivity index (χ4v) is 1.86. The van der Waals surface area contributed by atoms with Gasteiger partial charge in [0.1, 0.15) is 11.1 Å². The summed E-state index contributed by atoms with van der Waals surface area (Å²) in [6.07, 6.45) is 0.629. The van der Waals surface area contributed by atoms with E-state index in [2.05, 4.69) is 0 Å². The van der Waals surface area contributed by atoms with Crippen molar-refractivity contribution in [2.24, 2.45) is 0 Å². The van der Waals surface area contributed by atoms with Gasteiger partial charge in [0.15, 0.2) is 5.75 Å². The third-order valence-corrected chi connectivity index (χ3v) is 2.69. The van der Waals surface area contributed by atoms with Crippen molar-refractivity contribution in [3.05, 3.63) is 28.8 Å². The van der Waals surface area contributed by atoms with Crippen LogP contribution in [0.3, 0.4) is 0 Å². The Hall–Kier alpha value is -2.04. The van der Waals surface area contributed by atoms with E-state index in [0.717, 1.165) is 5.56 Å². The predicted molar refractivity (Wildman–Crippen MR) is 62.9 cm³/mol. The van der Waals surface area contributed by atoms with Crippen LogP contribution in [-0.4, -0.2) is 22.8 Å². The zero-order valence-corrected chi connectivity index (χ0v) is 10.4. The normalized spacial score (nSPS) is 16.5. The first kappa shape index (κ1) is 12.4. The lowest BCUT2D eigenvalue weighted by Gasteiger charge is -2.32. The highest BCUT2D eigenvalue weighted by Crippen LogP contribution is 2.35. The Kier molecular flexibility index (Phi) is 2.77. The molecule has 5 nitrogen and oxygen atoms in total. The molecule has 0 saturated heterocycles. The molecular weight excluding hydrogens is 236 g/mol. The Labute approximate surface area is 104 Å². The van der Waals surface area contributed by atoms with Crippen LogP contribution < -0.4 is 4.74 Å². The first-order valence-corrected chi connectivity index (χ1v) is 5.66. The van der Waals surface area contributed by atoms with Gasteiger partial charge in [0.2, 0.25) is 5.79 Å². The topological polar surface area (TPSA) is 72.8 Å². The van der Waals surface area contributed by atoms with Gasteiger partial charge in [-0.25, -0.2) is 9.59 Å². The molecular formula is C13H14O5. The number of ether oxygens (including phenoxy) is 2. The maximum Gasteiger partial charge on any atom is 0.345 e. The van der Waals surface area contributed by atoms with Crippen LogP contribution in [0, 0.1) is 0 Å². The maximum absolute atomic E-state index is 11.8. The van der Waals surface area contributed by atoms with Crippen LogP contribution in [-0.2, 0) is 11.2 Å². The molecule has 2 rings (SSSR count). The highest BCUT2D eigenvalue weighted by atomic mass is 16.7. The summed E-state index contributed by atoms with van der Waals surface area (Å²) in [6, 6.07) is 3.13. The highest BCUT2D eigenvalue weighted by Gasteiger charge is 2.36. The van der Waals surface area contributed by atoms with Crippen molar-refractivity contribution in [3.8, 4) is 5.75 Å². The van der Waals surface area contributed by atoms with Crippen molar-refractivity contribution in [1.82, 2.24) is 0 Å². The third kappa shape index (κ3) is 2.03. The molecule has 1 N–H and O–H groups in total. The molecule has 0 atom stereocenters. The SMILES string of the molecule is CCc1cc(C(=O)O)c2c(c1)C(=O)OC(C)(C)O2. The van der Waals surface area contributed by atoms with E-state index in [1.165, 1.54) is 6.07 Å². The number of carboxylic acids is 1. The number of carbonyl (C=O) groups is 2. The van der Waals surface area contributed by atoms with Crippen LogP contribution in [0.1, 0.15) is 47.1 Å². The smallest absolute Gasteiger partial charge is 0.345 e. The van der Waals surface area contributed by atoms with E-state index in [9.17, 15) is 14.7 Å². The summed E-state index contributed by atoms with van der Waals surface area (Å²) in [5.41, 5.74) is 0.923. The van der Waals surface area contributed by atoms with Crippen molar-refractivity contribution in [2.45, 2.75) is 33.0 Å². The summed E-state index contributed by atoms with van der Waals surface area (Å²) in [4.78, 5) is 23.1. The minimum Gasteiger partial charge on any atom is -0.478 e. The lowest BCUT2D eigenvalue weighted by molar-refractivity contribution is -0.127. The number of aromatic carboxylic acids is 1. The summed E-state index contributed by atoms with van der Waals surface area (Å²) in [6.45, 7) is 5.01. The zero-order valence-electron chi connectivity index (χ0n) is 10.4. The Balaban J connectivity index is 2.66. The van der Waals surface area contributed by atoms with Gasteiger partial charge in [-0.1, -0.05) is 6.92 Å². The minimum atomic E-state index is -1.15. The molecule has 0 spiro atoms. The summed E-state index contributed by atoms with van der Waals surface area (Å²) >= 11 is 0. The van der Waals surface area contributed by atoms with E-state index in [1.54, 1.807) is 19.9 Å². The monoisotopic (exact) mass is 250 g/mol. The fourth-order valence-electron chi connectivity index (χ4n) is 1.86. The van der Waals surface area contributed by atoms with Gasteiger partial charge in [0, 0.05) is 13.8 Å². The second kappa shape index (κ2) is 4.01. The molecule has 0 aromatic heterocycles. The van der Waals surface area contributed by atoms with Crippen LogP contribution in [0.2, 0.25) is 0 Å². The van der Waals surface area contributed by atoms with Gasteiger partial charge in [-0.3, -0.25) is 0 Å². The number of benzene rings is 1. The number of aryl methyl sites for hydroxylation is 1. The summed E-state index contributed by atoms with van der Waals surface area (Å²) in [7, 11) is 0. The molecule has 1 aromatic rings. The Morgan fingerprint density at radius 1 is 1.33 bits per heavy atom. The molecule has 1 aliphatic rings. The average Bonchev–Trinajstić information content (AvgIpc) is 2.26. The first-order valence-electron chi connectivity index (χ1n) is 5.66. The van der Waals surface area contributed by atoms with Crippen LogP contribution >= 0.6 is 0 Å². The van der Waals surface area contributed by atoms with Gasteiger partial charge in [0.25, 0.3) is 0 Å². The number of carbonyl (C=O) groups excluding carboxylic acids is 1. The van der Waals surface area contributed by atoms with Crippen LogP contribution in [0.25, 0.3) is 0 Å². The Morgan fingerprint density at radius 2 is 2.00 bits per heavy atom. The van der Waals surface area contributed by atoms with E-state index in [-0.39, 0.29) is 16.9 Å². The molecule has 1 aromatic carbocycles. The second-order valence-corrected chi connectivity index (χ2v) is 4.57. The zero-order chi connectivity index (χ0) is 13.5. The number of hydrogen-bond acceptors (Lipinski definition) is 4. The molecule has 0 amide bonds. The molecule has 18 heavy (non-hydrogen) atoms. The number of carboxylic acid groups (broad SMARTS) is 1. The largest absolute Gasteiger partial charge is 0.478 e. The van der Waals surface area contributed by atoms with Gasteiger partial charge in [0.05, 0.1) is 0 Å². The van der Waals surface area contributed by atoms with Crippen LogP contribution in [0.15, 0.2) is 12.1 Å². The van der Waals surface area contributed by atoms with E-state index < -0.39 is 17.7 Å². The van der Waals surface area contributed by atoms with Crippen molar-refractivity contribution in [3.63, 3.8) is 0 Å². The maximum atomic E-state index is 11.8. The molecule has 0 saturated carbocycles. The molecule has 0 fully saturated rings. The molecule has 1 aliphatic heterocycles. The lowest BCUT2D eigenvalue weighted by Crippen LogP contribution is -2.39. The van der Waals surface area contributed by atoms with Crippen molar-refractivity contribution < 1.29 is 24.2 Å². The standard InChI is InChI=1S/C13H14O5/c1-4-7-5-8(11(14)15)10-9(6-7)12(16)18-13(2,3)17-10/h5-6H,4H2,1-3H3,(H,14,15). The highest BCUT2D eigenvalue weighted by molar-refractivity contribution is 6.00. The summed E-state index contributed by atoms with van der Waals surface area (Å²) in [5.74, 6) is -2.74. The Bertz CT molecular complexity index is 513. The number of fused-ring (bicyclic) bond motifs is 1. The van der Waals surface area contributed by atoms with E-state index in [4.69, 9.17) is 9.47 Å². The Morgan fingerprint density at radius 3 is 2.56 bits per heavy atom. The quantitative estimate of drug-likeness (QED) is 0.815. The van der Waals surface area contributed by atoms with E-state index in [0.29, 0.717) is 6.42 Å². The van der Waals surface area contributed by atoms with E-state index >= 15 is 0 Å². The van der Waals surface area contributed by atoms with Gasteiger partial charge < -0.3 is 14.6 Å². The molecule has 0 aliphatic carbocycles. The fraction of sp³-hybridized carbons (Fsp3) is 0.385. The van der Waals surface area contributed by atoms with Crippen LogP contribution in [0.5, 0.6) is 5.75 Å². The van der Waals surface area contributed by atoms with Gasteiger partial charge in [-0.05, 0) is 24.1 Å². The minimum absolute atomic E-state index is 0.00549. The third-order valence-electron chi connectivity index (χ3n) is 2.69. The number of esters is 1. The molecule has 0 bridgehead atoms. The van der Waals surface area contributed by atoms with E-state index in [1.807, 2.05) is 6.92 Å². The number of cyclic esters (lactones) is 1. The van der Waals surface area contributed by atoms with Crippen molar-refractivity contribution >= 4 is 11.9 Å². The van der Waals surface area contributed by atoms with Crippen LogP contribution in [0.4, 0.5) is 0 Å². The molecule has 0 radical (unpaired) electrons. The molecule has 5 heteroatoms. The number of hydrogen-bond donors (Lipinski definition) is 1. The van der Waals surface area contributed by atoms with Gasteiger partial charge in [-0.15, -0.1) is 0 Å². The summed E-state index contributed by atoms with van der Waals surface area (Å²) < 4.78 is 10.5. The lowest BCUT2D eigenvalue weighted by atomic mass is 10.0. The second-order valence-electron chi connectivity index (χ2n) is 4.57. The first-order chi connectivity index (χ1) is 8.34. The van der Waals surface area contributed by atoms with Gasteiger partial charge >= 0.3 is 11.9 Å². The van der Waals surface area contributed by atoms with Crippen molar-refractivity contribution in [2.75, 3.05) is 0 Å². The average molecular weight is 250 g/mol. The number of rotatable bonds is 2. The predicted octanol–water partition coefficient (Wildman–Crippen LogP) is 2.23. The van der Waals surface area contributed by atoms with Gasteiger partial charge in [-0.2, -0.15) is 0 Å². The molecule has 1 heterocycles.